The maximum absolute atomic E-state index is 9.25. The number of aromatic nitrogens is 4. The van der Waals surface area contributed by atoms with Gasteiger partial charge in [0.15, 0.2) is 5.65 Å². The van der Waals surface area contributed by atoms with Crippen molar-refractivity contribution in [2.24, 2.45) is 5.84 Å². The molecule has 1 aliphatic carbocycles. The number of hydrogen-bond acceptors (Lipinski definition) is 7. The molecule has 0 amide bonds. The van der Waals surface area contributed by atoms with Crippen LogP contribution in [0, 0.1) is 0 Å². The Kier molecular flexibility index (Phi) is 2.30. The summed E-state index contributed by atoms with van der Waals surface area (Å²) in [7, 11) is 0. The van der Waals surface area contributed by atoms with E-state index in [-0.39, 0.29) is 12.1 Å². The molecular formula is C9H13N7O. The standard InChI is InChI=1S/C9H13N7O/c10-15-9-13-7(12-4-1-5(17)2-4)6-3-11-16-8(6)14-9/h3-5,17H,1-2,10H2,(H3,11,12,13,14,15,16). The number of hydrazine groups is 1. The third-order valence-corrected chi connectivity index (χ3v) is 2.89. The lowest BCUT2D eigenvalue weighted by molar-refractivity contribution is 0.0836. The van der Waals surface area contributed by atoms with Crippen LogP contribution in [-0.4, -0.2) is 37.4 Å². The summed E-state index contributed by atoms with van der Waals surface area (Å²) in [5.41, 5.74) is 3.03. The SMILES string of the molecule is NNc1nc(NC2CC(O)C2)c2cn[nH]c2n1. The molecule has 0 radical (unpaired) electrons. The molecule has 2 aromatic rings. The molecule has 2 heterocycles. The lowest BCUT2D eigenvalue weighted by Crippen LogP contribution is -2.39. The van der Waals surface area contributed by atoms with Gasteiger partial charge in [-0.15, -0.1) is 0 Å². The minimum atomic E-state index is -0.207. The Hall–Kier alpha value is -1.93. The average Bonchev–Trinajstić information content (AvgIpc) is 2.74. The van der Waals surface area contributed by atoms with Crippen LogP contribution in [0.15, 0.2) is 6.20 Å². The Labute approximate surface area is 96.6 Å². The minimum Gasteiger partial charge on any atom is -0.393 e. The van der Waals surface area contributed by atoms with Gasteiger partial charge in [0.25, 0.3) is 0 Å². The van der Waals surface area contributed by atoms with Gasteiger partial charge in [-0.2, -0.15) is 15.1 Å². The molecule has 8 heteroatoms. The third-order valence-electron chi connectivity index (χ3n) is 2.89. The van der Waals surface area contributed by atoms with Gasteiger partial charge in [0, 0.05) is 6.04 Å². The molecule has 0 spiro atoms. The zero-order valence-corrected chi connectivity index (χ0v) is 9.01. The van der Waals surface area contributed by atoms with Gasteiger partial charge in [-0.3, -0.25) is 10.5 Å². The van der Waals surface area contributed by atoms with Crippen molar-refractivity contribution in [3.05, 3.63) is 6.20 Å². The molecule has 2 aromatic heterocycles. The topological polar surface area (TPSA) is 125 Å². The highest BCUT2D eigenvalue weighted by molar-refractivity contribution is 5.87. The van der Waals surface area contributed by atoms with Crippen molar-refractivity contribution in [1.29, 1.82) is 0 Å². The number of aliphatic hydroxyl groups excluding tert-OH is 1. The number of nitrogen functional groups attached to an aromatic ring is 1. The van der Waals surface area contributed by atoms with Gasteiger partial charge in [0.1, 0.15) is 5.82 Å². The van der Waals surface area contributed by atoms with Gasteiger partial charge in [0.2, 0.25) is 5.95 Å². The Bertz CT molecular complexity index is 533. The van der Waals surface area contributed by atoms with E-state index in [2.05, 4.69) is 30.9 Å². The van der Waals surface area contributed by atoms with Crippen molar-refractivity contribution >= 4 is 22.8 Å². The van der Waals surface area contributed by atoms with Gasteiger partial charge < -0.3 is 10.4 Å². The number of rotatable bonds is 3. The first-order chi connectivity index (χ1) is 8.26. The van der Waals surface area contributed by atoms with E-state index in [1.807, 2.05) is 0 Å². The Morgan fingerprint density at radius 1 is 1.41 bits per heavy atom. The average molecular weight is 235 g/mol. The first kappa shape index (κ1) is 10.2. The van der Waals surface area contributed by atoms with Crippen LogP contribution in [0.2, 0.25) is 0 Å². The molecule has 1 saturated carbocycles. The highest BCUT2D eigenvalue weighted by Crippen LogP contribution is 2.26. The molecule has 6 N–H and O–H groups in total. The van der Waals surface area contributed by atoms with Crippen LogP contribution in [0.5, 0.6) is 0 Å². The fraction of sp³-hybridized carbons (Fsp3) is 0.444. The van der Waals surface area contributed by atoms with Gasteiger partial charge >= 0.3 is 0 Å². The van der Waals surface area contributed by atoms with Crippen LogP contribution in [0.1, 0.15) is 12.8 Å². The molecule has 0 aromatic carbocycles. The highest BCUT2D eigenvalue weighted by Gasteiger charge is 2.28. The number of fused-ring (bicyclic) bond motifs is 1. The van der Waals surface area contributed by atoms with Crippen LogP contribution in [-0.2, 0) is 0 Å². The summed E-state index contributed by atoms with van der Waals surface area (Å²) in [6, 6.07) is 0.239. The van der Waals surface area contributed by atoms with Gasteiger partial charge in [-0.05, 0) is 12.8 Å². The van der Waals surface area contributed by atoms with Crippen molar-refractivity contribution in [2.75, 3.05) is 10.7 Å². The van der Waals surface area contributed by atoms with E-state index >= 15 is 0 Å². The van der Waals surface area contributed by atoms with Crippen LogP contribution in [0.3, 0.4) is 0 Å². The van der Waals surface area contributed by atoms with Crippen LogP contribution >= 0.6 is 0 Å². The second-order valence-electron chi connectivity index (χ2n) is 4.14. The van der Waals surface area contributed by atoms with Gasteiger partial charge in [0.05, 0.1) is 17.7 Å². The van der Waals surface area contributed by atoms with E-state index < -0.39 is 0 Å². The monoisotopic (exact) mass is 235 g/mol. The van der Waals surface area contributed by atoms with Crippen molar-refractivity contribution in [2.45, 2.75) is 25.0 Å². The molecule has 90 valence electrons. The van der Waals surface area contributed by atoms with Gasteiger partial charge in [-0.1, -0.05) is 0 Å². The van der Waals surface area contributed by atoms with Crippen LogP contribution in [0.4, 0.5) is 11.8 Å². The van der Waals surface area contributed by atoms with Crippen molar-refractivity contribution < 1.29 is 5.11 Å². The lowest BCUT2D eigenvalue weighted by Gasteiger charge is -2.32. The number of hydrogen-bond donors (Lipinski definition) is 5. The summed E-state index contributed by atoms with van der Waals surface area (Å²) in [6.07, 6.45) is 2.91. The molecule has 1 aliphatic rings. The summed E-state index contributed by atoms with van der Waals surface area (Å²) in [5.74, 6) is 6.30. The molecule has 1 fully saturated rings. The van der Waals surface area contributed by atoms with Crippen LogP contribution < -0.4 is 16.6 Å². The van der Waals surface area contributed by atoms with E-state index in [4.69, 9.17) is 5.84 Å². The second kappa shape index (κ2) is 3.82. The lowest BCUT2D eigenvalue weighted by atomic mass is 9.89. The molecular weight excluding hydrogens is 222 g/mol. The molecule has 0 saturated heterocycles. The van der Waals surface area contributed by atoms with E-state index in [0.717, 1.165) is 18.2 Å². The van der Waals surface area contributed by atoms with E-state index in [1.54, 1.807) is 6.20 Å². The summed E-state index contributed by atoms with van der Waals surface area (Å²) in [6.45, 7) is 0. The molecule has 0 atom stereocenters. The van der Waals surface area contributed by atoms with Crippen LogP contribution in [0.25, 0.3) is 11.0 Å². The van der Waals surface area contributed by atoms with Crippen molar-refractivity contribution in [1.82, 2.24) is 20.2 Å². The smallest absolute Gasteiger partial charge is 0.241 e. The molecule has 3 rings (SSSR count). The fourth-order valence-electron chi connectivity index (χ4n) is 1.91. The molecule has 8 nitrogen and oxygen atoms in total. The Morgan fingerprint density at radius 2 is 2.24 bits per heavy atom. The highest BCUT2D eigenvalue weighted by atomic mass is 16.3. The largest absolute Gasteiger partial charge is 0.393 e. The number of aromatic amines is 1. The van der Waals surface area contributed by atoms with E-state index in [1.165, 1.54) is 0 Å². The number of nitrogens with zero attached hydrogens (tertiary/aromatic N) is 3. The molecule has 0 unspecified atom stereocenters. The summed E-state index contributed by atoms with van der Waals surface area (Å²) in [4.78, 5) is 8.36. The predicted molar refractivity (Wildman–Crippen MR) is 62.1 cm³/mol. The number of nitrogens with one attached hydrogen (secondary N) is 3. The maximum Gasteiger partial charge on any atom is 0.241 e. The number of H-pyrrole nitrogens is 1. The molecule has 17 heavy (non-hydrogen) atoms. The summed E-state index contributed by atoms with van der Waals surface area (Å²) >= 11 is 0. The number of nitrogens with two attached hydrogens (primary N) is 1. The minimum absolute atomic E-state index is 0.207. The van der Waals surface area contributed by atoms with Crippen molar-refractivity contribution in [3.8, 4) is 0 Å². The van der Waals surface area contributed by atoms with Gasteiger partial charge in [-0.25, -0.2) is 5.84 Å². The first-order valence-electron chi connectivity index (χ1n) is 5.38. The summed E-state index contributed by atoms with van der Waals surface area (Å²) < 4.78 is 0. The van der Waals surface area contributed by atoms with E-state index in [0.29, 0.717) is 17.4 Å². The second-order valence-corrected chi connectivity index (χ2v) is 4.14. The molecule has 0 aliphatic heterocycles. The molecule has 0 bridgehead atoms. The number of anilines is 2. The quantitative estimate of drug-likeness (QED) is 0.361. The third kappa shape index (κ3) is 1.77. The Morgan fingerprint density at radius 3 is 2.94 bits per heavy atom. The first-order valence-corrected chi connectivity index (χ1v) is 5.38. The van der Waals surface area contributed by atoms with E-state index in [9.17, 15) is 5.11 Å². The normalized spacial score (nSPS) is 23.4. The predicted octanol–water partition coefficient (Wildman–Crippen LogP) is -0.426. The maximum atomic E-state index is 9.25. The van der Waals surface area contributed by atoms with Crippen molar-refractivity contribution in [3.63, 3.8) is 0 Å². The zero-order valence-electron chi connectivity index (χ0n) is 9.01. The number of aliphatic hydroxyl groups is 1. The fourth-order valence-corrected chi connectivity index (χ4v) is 1.91. The summed E-state index contributed by atoms with van der Waals surface area (Å²) in [5, 5.41) is 20.0. The zero-order chi connectivity index (χ0) is 11.8. The Balaban J connectivity index is 1.93.